The number of ketones is 1. The molecule has 0 fully saturated rings. The van der Waals surface area contributed by atoms with Crippen LogP contribution in [-0.2, 0) is 0 Å². The molecule has 4 nitrogen and oxygen atoms in total. The molecule has 0 saturated carbocycles. The molecule has 0 bridgehead atoms. The van der Waals surface area contributed by atoms with Crippen LogP contribution < -0.4 is 10.4 Å². The third kappa shape index (κ3) is 2.29. The van der Waals surface area contributed by atoms with E-state index in [1.165, 1.54) is 0 Å². The number of ether oxygens (including phenoxy) is 1. The van der Waals surface area contributed by atoms with Crippen molar-refractivity contribution in [2.24, 2.45) is 0 Å². The van der Waals surface area contributed by atoms with Crippen LogP contribution in [0.15, 0.2) is 57.7 Å². The fourth-order valence-corrected chi connectivity index (χ4v) is 2.42. The Morgan fingerprint density at radius 1 is 1.00 bits per heavy atom. The molecule has 3 aromatic rings. The van der Waals surface area contributed by atoms with Gasteiger partial charge in [-0.3, -0.25) is 4.79 Å². The Morgan fingerprint density at radius 2 is 1.64 bits per heavy atom. The maximum atomic E-state index is 12.6. The zero-order valence-corrected chi connectivity index (χ0v) is 12.3. The van der Waals surface area contributed by atoms with Crippen molar-refractivity contribution in [1.29, 1.82) is 0 Å². The van der Waals surface area contributed by atoms with Gasteiger partial charge in [-0.25, -0.2) is 4.79 Å². The first-order chi connectivity index (χ1) is 10.6. The molecule has 1 aromatic heterocycles. The normalized spacial score (nSPS) is 10.6. The van der Waals surface area contributed by atoms with Gasteiger partial charge in [-0.1, -0.05) is 18.2 Å². The van der Waals surface area contributed by atoms with Gasteiger partial charge in [0, 0.05) is 11.1 Å². The minimum atomic E-state index is -0.502. The number of carbonyl (C=O) groups is 1. The molecule has 0 atom stereocenters. The second-order valence-corrected chi connectivity index (χ2v) is 4.95. The van der Waals surface area contributed by atoms with Crippen molar-refractivity contribution in [3.63, 3.8) is 0 Å². The molecule has 110 valence electrons. The summed E-state index contributed by atoms with van der Waals surface area (Å²) in [5.74, 6) is 0.421. The van der Waals surface area contributed by atoms with Crippen molar-refractivity contribution < 1.29 is 13.9 Å². The Hall–Kier alpha value is -2.88. The maximum Gasteiger partial charge on any atom is 0.344 e. The van der Waals surface area contributed by atoms with Gasteiger partial charge in [0.05, 0.1) is 12.5 Å². The molecule has 0 saturated heterocycles. The van der Waals surface area contributed by atoms with Gasteiger partial charge in [0.1, 0.15) is 5.75 Å². The van der Waals surface area contributed by atoms with E-state index in [1.807, 2.05) is 12.1 Å². The zero-order chi connectivity index (χ0) is 15.7. The second kappa shape index (κ2) is 5.48. The number of methoxy groups -OCH3 is 1. The van der Waals surface area contributed by atoms with Crippen LogP contribution in [-0.4, -0.2) is 12.9 Å². The van der Waals surface area contributed by atoms with Crippen LogP contribution in [0, 0.1) is 6.92 Å². The Labute approximate surface area is 127 Å². The second-order valence-electron chi connectivity index (χ2n) is 4.95. The maximum absolute atomic E-state index is 12.6. The van der Waals surface area contributed by atoms with Gasteiger partial charge in [-0.2, -0.15) is 0 Å². The fraction of sp³-hybridized carbons (Fsp3) is 0.111. The van der Waals surface area contributed by atoms with Crippen molar-refractivity contribution in [1.82, 2.24) is 0 Å². The summed E-state index contributed by atoms with van der Waals surface area (Å²) in [4.78, 5) is 24.6. The first-order valence-corrected chi connectivity index (χ1v) is 6.83. The smallest absolute Gasteiger partial charge is 0.344 e. The van der Waals surface area contributed by atoms with E-state index >= 15 is 0 Å². The molecule has 22 heavy (non-hydrogen) atoms. The average Bonchev–Trinajstić information content (AvgIpc) is 2.57. The summed E-state index contributed by atoms with van der Waals surface area (Å²) < 4.78 is 10.3. The lowest BCUT2D eigenvalue weighted by molar-refractivity contribution is 0.100. The number of hydrogen-bond donors (Lipinski definition) is 0. The highest BCUT2D eigenvalue weighted by Crippen LogP contribution is 2.22. The number of hydrogen-bond acceptors (Lipinski definition) is 4. The van der Waals surface area contributed by atoms with E-state index in [2.05, 4.69) is 0 Å². The molecule has 0 unspecified atom stereocenters. The van der Waals surface area contributed by atoms with Crippen LogP contribution in [0.3, 0.4) is 0 Å². The molecule has 3 rings (SSSR count). The highest BCUT2D eigenvalue weighted by atomic mass is 16.5. The summed E-state index contributed by atoms with van der Waals surface area (Å²) in [5, 5.41) is 1.21. The van der Waals surface area contributed by atoms with Gasteiger partial charge in [-0.15, -0.1) is 0 Å². The number of benzene rings is 2. The zero-order valence-electron chi connectivity index (χ0n) is 12.3. The highest BCUT2D eigenvalue weighted by molar-refractivity contribution is 6.09. The standard InChI is InChI=1S/C18H14O4/c1-11-14-5-3-4-6-15(14)18(20)22-17(11)16(19)12-7-9-13(21-2)10-8-12/h3-10H,1-2H3. The van der Waals surface area contributed by atoms with Gasteiger partial charge in [0.25, 0.3) is 0 Å². The molecule has 2 aromatic carbocycles. The lowest BCUT2D eigenvalue weighted by atomic mass is 10.0. The first-order valence-electron chi connectivity index (χ1n) is 6.83. The van der Waals surface area contributed by atoms with E-state index in [0.29, 0.717) is 22.3 Å². The van der Waals surface area contributed by atoms with Crippen LogP contribution in [0.25, 0.3) is 10.8 Å². The predicted molar refractivity (Wildman–Crippen MR) is 83.6 cm³/mol. The van der Waals surface area contributed by atoms with Gasteiger partial charge in [0.15, 0.2) is 5.76 Å². The molecular weight excluding hydrogens is 280 g/mol. The first kappa shape index (κ1) is 14.1. The van der Waals surface area contributed by atoms with Crippen LogP contribution >= 0.6 is 0 Å². The van der Waals surface area contributed by atoms with Gasteiger partial charge < -0.3 is 9.15 Å². The van der Waals surface area contributed by atoms with Crippen molar-refractivity contribution >= 4 is 16.6 Å². The molecule has 0 aliphatic heterocycles. The summed E-state index contributed by atoms with van der Waals surface area (Å²) in [6.07, 6.45) is 0. The Kier molecular flexibility index (Phi) is 3.51. The topological polar surface area (TPSA) is 56.5 Å². The Morgan fingerprint density at radius 3 is 2.27 bits per heavy atom. The molecule has 0 spiro atoms. The lowest BCUT2D eigenvalue weighted by Gasteiger charge is -2.07. The van der Waals surface area contributed by atoms with E-state index in [4.69, 9.17) is 9.15 Å². The summed E-state index contributed by atoms with van der Waals surface area (Å²) in [5.41, 5.74) is 0.608. The summed E-state index contributed by atoms with van der Waals surface area (Å²) in [7, 11) is 1.56. The predicted octanol–water partition coefficient (Wildman–Crippen LogP) is 3.34. The third-order valence-electron chi connectivity index (χ3n) is 3.64. The molecule has 0 amide bonds. The summed E-state index contributed by atoms with van der Waals surface area (Å²) >= 11 is 0. The molecule has 0 aliphatic carbocycles. The fourth-order valence-electron chi connectivity index (χ4n) is 2.42. The Balaban J connectivity index is 2.14. The van der Waals surface area contributed by atoms with E-state index in [0.717, 1.165) is 5.39 Å². The van der Waals surface area contributed by atoms with E-state index in [1.54, 1.807) is 50.4 Å². The monoisotopic (exact) mass is 294 g/mol. The van der Waals surface area contributed by atoms with Crippen LogP contribution in [0.4, 0.5) is 0 Å². The molecule has 0 radical (unpaired) electrons. The Bertz CT molecular complexity index is 905. The number of aryl methyl sites for hydroxylation is 1. The van der Waals surface area contributed by atoms with E-state index in [-0.39, 0.29) is 11.5 Å². The number of fused-ring (bicyclic) bond motifs is 1. The van der Waals surface area contributed by atoms with E-state index < -0.39 is 5.63 Å². The van der Waals surface area contributed by atoms with Crippen LogP contribution in [0.5, 0.6) is 5.75 Å². The van der Waals surface area contributed by atoms with Gasteiger partial charge in [-0.05, 0) is 42.6 Å². The molecule has 0 aliphatic rings. The minimum Gasteiger partial charge on any atom is -0.497 e. The van der Waals surface area contributed by atoms with Crippen molar-refractivity contribution in [2.75, 3.05) is 7.11 Å². The SMILES string of the molecule is COc1ccc(C(=O)c2oc(=O)c3ccccc3c2C)cc1. The highest BCUT2D eigenvalue weighted by Gasteiger charge is 2.18. The van der Waals surface area contributed by atoms with Crippen molar-refractivity contribution in [3.8, 4) is 5.75 Å². The van der Waals surface area contributed by atoms with Crippen LogP contribution in [0.1, 0.15) is 21.7 Å². The lowest BCUT2D eigenvalue weighted by Crippen LogP contribution is -2.11. The summed E-state index contributed by atoms with van der Waals surface area (Å²) in [6, 6.07) is 13.8. The molecular formula is C18H14O4. The van der Waals surface area contributed by atoms with Crippen molar-refractivity contribution in [2.45, 2.75) is 6.92 Å². The summed E-state index contributed by atoms with van der Waals surface area (Å²) in [6.45, 7) is 1.78. The van der Waals surface area contributed by atoms with Crippen LogP contribution in [0.2, 0.25) is 0 Å². The third-order valence-corrected chi connectivity index (χ3v) is 3.64. The molecule has 0 N–H and O–H groups in total. The quantitative estimate of drug-likeness (QED) is 0.695. The minimum absolute atomic E-state index is 0.0777. The van der Waals surface area contributed by atoms with Gasteiger partial charge in [0.2, 0.25) is 5.78 Å². The average molecular weight is 294 g/mol. The van der Waals surface area contributed by atoms with Crippen molar-refractivity contribution in [3.05, 3.63) is 75.8 Å². The number of rotatable bonds is 3. The van der Waals surface area contributed by atoms with Gasteiger partial charge >= 0.3 is 5.63 Å². The number of carbonyl (C=O) groups excluding carboxylic acids is 1. The molecule has 4 heteroatoms. The van der Waals surface area contributed by atoms with E-state index in [9.17, 15) is 9.59 Å². The largest absolute Gasteiger partial charge is 0.497 e. The molecule has 1 heterocycles.